The molecule has 0 bridgehead atoms. The summed E-state index contributed by atoms with van der Waals surface area (Å²) in [6.45, 7) is 6.82. The van der Waals surface area contributed by atoms with Gasteiger partial charge in [0.1, 0.15) is 6.54 Å². The Kier molecular flexibility index (Phi) is 3.30. The number of methoxy groups -OCH3 is 1. The Morgan fingerprint density at radius 3 is 2.55 bits per heavy atom. The third-order valence-corrected chi connectivity index (χ3v) is 2.49. The largest absolute Gasteiger partial charge is 0.379 e. The zero-order valence-corrected chi connectivity index (χ0v) is 7.60. The lowest BCUT2D eigenvalue weighted by atomic mass is 10.3. The lowest BCUT2D eigenvalue weighted by Crippen LogP contribution is -2.57. The summed E-state index contributed by atoms with van der Waals surface area (Å²) in [6, 6.07) is 0. The predicted octanol–water partition coefficient (Wildman–Crippen LogP) is -0.317. The third kappa shape index (κ3) is 2.77. The molecule has 11 heavy (non-hydrogen) atoms. The lowest BCUT2D eigenvalue weighted by molar-refractivity contribution is -0.911. The molecule has 1 aliphatic rings. The van der Waals surface area contributed by atoms with E-state index in [9.17, 15) is 0 Å². The van der Waals surface area contributed by atoms with Crippen LogP contribution in [0, 0.1) is 0 Å². The molecular weight excluding hydrogens is 140 g/mol. The number of nitrogens with zero attached hydrogens (tertiary/aromatic N) is 1. The molecule has 1 N–H and O–H groups in total. The SMILES string of the molecule is COCC[N+]1(C)CCNCC1. The van der Waals surface area contributed by atoms with E-state index in [-0.39, 0.29) is 0 Å². The zero-order valence-electron chi connectivity index (χ0n) is 7.60. The zero-order chi connectivity index (χ0) is 8.16. The Morgan fingerprint density at radius 2 is 2.00 bits per heavy atom. The van der Waals surface area contributed by atoms with E-state index in [4.69, 9.17) is 4.74 Å². The van der Waals surface area contributed by atoms with E-state index in [0.29, 0.717) is 0 Å². The highest BCUT2D eigenvalue weighted by Gasteiger charge is 2.23. The van der Waals surface area contributed by atoms with Crippen molar-refractivity contribution in [3.05, 3.63) is 0 Å². The van der Waals surface area contributed by atoms with Crippen molar-refractivity contribution in [3.8, 4) is 0 Å². The summed E-state index contributed by atoms with van der Waals surface area (Å²) < 4.78 is 6.24. The average molecular weight is 159 g/mol. The van der Waals surface area contributed by atoms with Crippen LogP contribution < -0.4 is 5.32 Å². The molecule has 0 aromatic carbocycles. The maximum atomic E-state index is 5.07. The third-order valence-electron chi connectivity index (χ3n) is 2.49. The van der Waals surface area contributed by atoms with Crippen molar-refractivity contribution in [2.75, 3.05) is 53.5 Å². The van der Waals surface area contributed by atoms with Crippen LogP contribution in [0.5, 0.6) is 0 Å². The lowest BCUT2D eigenvalue weighted by Gasteiger charge is -2.37. The van der Waals surface area contributed by atoms with Gasteiger partial charge in [0.25, 0.3) is 0 Å². The van der Waals surface area contributed by atoms with Crippen molar-refractivity contribution in [1.29, 1.82) is 0 Å². The van der Waals surface area contributed by atoms with E-state index < -0.39 is 0 Å². The molecule has 0 unspecified atom stereocenters. The van der Waals surface area contributed by atoms with Gasteiger partial charge in [0.15, 0.2) is 0 Å². The fraction of sp³-hybridized carbons (Fsp3) is 1.00. The molecule has 3 nitrogen and oxygen atoms in total. The Hall–Kier alpha value is -0.120. The number of rotatable bonds is 3. The second kappa shape index (κ2) is 4.04. The number of piperazine rings is 1. The van der Waals surface area contributed by atoms with Gasteiger partial charge in [0.05, 0.1) is 26.7 Å². The van der Waals surface area contributed by atoms with Gasteiger partial charge in [-0.25, -0.2) is 0 Å². The van der Waals surface area contributed by atoms with Crippen LogP contribution in [0.25, 0.3) is 0 Å². The summed E-state index contributed by atoms with van der Waals surface area (Å²) in [4.78, 5) is 0. The number of nitrogens with one attached hydrogen (secondary N) is 1. The van der Waals surface area contributed by atoms with Gasteiger partial charge in [-0.15, -0.1) is 0 Å². The van der Waals surface area contributed by atoms with Crippen molar-refractivity contribution < 1.29 is 9.22 Å². The normalized spacial score (nSPS) is 23.5. The summed E-state index contributed by atoms with van der Waals surface area (Å²) in [6.07, 6.45) is 0. The van der Waals surface area contributed by atoms with E-state index >= 15 is 0 Å². The van der Waals surface area contributed by atoms with Gasteiger partial charge in [0, 0.05) is 20.2 Å². The first-order valence-corrected chi connectivity index (χ1v) is 4.30. The van der Waals surface area contributed by atoms with Crippen LogP contribution in [0.3, 0.4) is 0 Å². The maximum Gasteiger partial charge on any atom is 0.102 e. The topological polar surface area (TPSA) is 21.3 Å². The van der Waals surface area contributed by atoms with Gasteiger partial charge >= 0.3 is 0 Å². The molecule has 1 fully saturated rings. The van der Waals surface area contributed by atoms with Crippen LogP contribution in [-0.4, -0.2) is 58.0 Å². The molecule has 0 spiro atoms. The summed E-state index contributed by atoms with van der Waals surface area (Å²) >= 11 is 0. The predicted molar refractivity (Wildman–Crippen MR) is 45.5 cm³/mol. The summed E-state index contributed by atoms with van der Waals surface area (Å²) in [5.74, 6) is 0. The van der Waals surface area contributed by atoms with Crippen LogP contribution in [0.2, 0.25) is 0 Å². The van der Waals surface area contributed by atoms with Crippen LogP contribution >= 0.6 is 0 Å². The highest BCUT2D eigenvalue weighted by atomic mass is 16.5. The molecule has 3 heteroatoms. The van der Waals surface area contributed by atoms with Crippen molar-refractivity contribution in [3.63, 3.8) is 0 Å². The molecule has 1 heterocycles. The van der Waals surface area contributed by atoms with Crippen molar-refractivity contribution in [2.24, 2.45) is 0 Å². The molecule has 0 aromatic heterocycles. The molecule has 0 saturated carbocycles. The van der Waals surface area contributed by atoms with Crippen LogP contribution in [-0.2, 0) is 4.74 Å². The average Bonchev–Trinajstić information content (AvgIpc) is 2.03. The van der Waals surface area contributed by atoms with E-state index in [1.807, 2.05) is 0 Å². The fourth-order valence-electron chi connectivity index (χ4n) is 1.47. The molecule has 0 amide bonds. The first kappa shape index (κ1) is 8.97. The van der Waals surface area contributed by atoms with Gasteiger partial charge in [-0.2, -0.15) is 0 Å². The fourth-order valence-corrected chi connectivity index (χ4v) is 1.47. The first-order chi connectivity index (χ1) is 5.27. The number of hydrogen-bond acceptors (Lipinski definition) is 2. The van der Waals surface area contributed by atoms with E-state index in [2.05, 4.69) is 12.4 Å². The van der Waals surface area contributed by atoms with Crippen molar-refractivity contribution in [2.45, 2.75) is 0 Å². The minimum Gasteiger partial charge on any atom is -0.379 e. The molecule has 0 atom stereocenters. The van der Waals surface area contributed by atoms with E-state index in [1.54, 1.807) is 7.11 Å². The molecule has 66 valence electrons. The number of ether oxygens (including phenoxy) is 1. The summed E-state index contributed by atoms with van der Waals surface area (Å²) in [7, 11) is 4.08. The molecule has 1 aliphatic heterocycles. The van der Waals surface area contributed by atoms with Gasteiger partial charge in [-0.3, -0.25) is 0 Å². The van der Waals surface area contributed by atoms with Gasteiger partial charge in [0.2, 0.25) is 0 Å². The van der Waals surface area contributed by atoms with Gasteiger partial charge in [-0.1, -0.05) is 0 Å². The number of hydrogen-bond donors (Lipinski definition) is 1. The van der Waals surface area contributed by atoms with Crippen LogP contribution in [0.1, 0.15) is 0 Å². The van der Waals surface area contributed by atoms with Crippen molar-refractivity contribution in [1.82, 2.24) is 5.32 Å². The molecule has 0 aliphatic carbocycles. The quantitative estimate of drug-likeness (QED) is 0.570. The van der Waals surface area contributed by atoms with E-state index in [0.717, 1.165) is 26.2 Å². The minimum absolute atomic E-state index is 0.885. The number of quaternary nitrogens is 1. The first-order valence-electron chi connectivity index (χ1n) is 4.30. The maximum absolute atomic E-state index is 5.07. The van der Waals surface area contributed by atoms with Crippen LogP contribution in [0.4, 0.5) is 0 Å². The highest BCUT2D eigenvalue weighted by molar-refractivity contribution is 4.54. The molecule has 0 radical (unpaired) electrons. The number of likely N-dealkylation sites (N-methyl/N-ethyl adjacent to an activating group) is 1. The van der Waals surface area contributed by atoms with Crippen molar-refractivity contribution >= 4 is 0 Å². The smallest absolute Gasteiger partial charge is 0.102 e. The Balaban J connectivity index is 2.25. The summed E-state index contributed by atoms with van der Waals surface area (Å²) in [5.41, 5.74) is 0. The summed E-state index contributed by atoms with van der Waals surface area (Å²) in [5, 5.41) is 3.36. The molecular formula is C8H19N2O+. The second-order valence-corrected chi connectivity index (χ2v) is 3.53. The molecule has 1 rings (SSSR count). The van der Waals surface area contributed by atoms with Gasteiger partial charge < -0.3 is 14.5 Å². The van der Waals surface area contributed by atoms with Gasteiger partial charge in [-0.05, 0) is 0 Å². The standard InChI is InChI=1S/C8H19N2O/c1-10(7-8-11-2)5-3-9-4-6-10/h9H,3-8H2,1-2H3/q+1. The Bertz CT molecular complexity index is 111. The minimum atomic E-state index is 0.885. The second-order valence-electron chi connectivity index (χ2n) is 3.53. The Morgan fingerprint density at radius 1 is 1.36 bits per heavy atom. The molecule has 0 aromatic rings. The van der Waals surface area contributed by atoms with E-state index in [1.165, 1.54) is 17.6 Å². The molecule has 1 saturated heterocycles. The van der Waals surface area contributed by atoms with Crippen LogP contribution in [0.15, 0.2) is 0 Å². The monoisotopic (exact) mass is 159 g/mol. The Labute approximate surface area is 68.9 Å². The highest BCUT2D eigenvalue weighted by Crippen LogP contribution is 2.03.